The van der Waals surface area contributed by atoms with Crippen LogP contribution >= 0.6 is 11.6 Å². The zero-order valence-corrected chi connectivity index (χ0v) is 16.1. The fourth-order valence-electron chi connectivity index (χ4n) is 3.26. The van der Waals surface area contributed by atoms with E-state index in [9.17, 15) is 13.2 Å². The average molecular weight is 398 g/mol. The van der Waals surface area contributed by atoms with Gasteiger partial charge in [-0.1, -0.05) is 42.7 Å². The lowest BCUT2D eigenvalue weighted by atomic mass is 9.92. The van der Waals surface area contributed by atoms with Crippen molar-refractivity contribution in [3.8, 4) is 11.5 Å². The average Bonchev–Trinajstić information content (AvgIpc) is 3.04. The molecule has 2 atom stereocenters. The van der Waals surface area contributed by atoms with Crippen molar-refractivity contribution in [1.29, 1.82) is 0 Å². The van der Waals surface area contributed by atoms with Crippen LogP contribution in [0.25, 0.3) is 11.5 Å². The summed E-state index contributed by atoms with van der Waals surface area (Å²) in [6.45, 7) is 5.23. The van der Waals surface area contributed by atoms with Gasteiger partial charge in [-0.3, -0.25) is 4.79 Å². The van der Waals surface area contributed by atoms with Crippen molar-refractivity contribution < 1.29 is 17.6 Å². The van der Waals surface area contributed by atoms with Gasteiger partial charge in [0.25, 0.3) is 0 Å². The molecule has 0 aliphatic carbocycles. The molecule has 0 radical (unpaired) electrons. The summed E-state index contributed by atoms with van der Waals surface area (Å²) < 4.78 is 30.3. The topological polar surface area (TPSA) is 93.4 Å². The van der Waals surface area contributed by atoms with Crippen LogP contribution in [0.3, 0.4) is 0 Å². The number of hydrogen-bond donors (Lipinski definition) is 0. The number of nitrogens with zero attached hydrogens (tertiary/aromatic N) is 3. The molecule has 2 heterocycles. The third kappa shape index (κ3) is 4.07. The van der Waals surface area contributed by atoms with Crippen LogP contribution in [0.1, 0.15) is 20.3 Å². The van der Waals surface area contributed by atoms with Gasteiger partial charge in [-0.15, -0.1) is 5.10 Å². The number of carbonyl (C=O) groups excluding carboxylic acids is 1. The molecule has 1 aliphatic heterocycles. The van der Waals surface area contributed by atoms with E-state index >= 15 is 0 Å². The van der Waals surface area contributed by atoms with Crippen molar-refractivity contribution in [2.75, 3.05) is 18.8 Å². The second-order valence-corrected chi connectivity index (χ2v) is 9.13. The minimum Gasteiger partial charge on any atom is -0.408 e. The van der Waals surface area contributed by atoms with E-state index in [0.717, 1.165) is 6.42 Å². The van der Waals surface area contributed by atoms with E-state index in [1.807, 2.05) is 0 Å². The predicted molar refractivity (Wildman–Crippen MR) is 96.3 cm³/mol. The molecule has 2 unspecified atom stereocenters. The molecule has 1 aliphatic rings. The van der Waals surface area contributed by atoms with Gasteiger partial charge in [0, 0.05) is 13.1 Å². The van der Waals surface area contributed by atoms with Crippen LogP contribution in [0, 0.1) is 11.8 Å². The SMILES string of the molecule is CC1CC(C)CN(C(=O)CS(=O)(=O)c2nnc(-c3ccccc3Cl)o2)C1. The summed E-state index contributed by atoms with van der Waals surface area (Å²) >= 11 is 6.06. The highest BCUT2D eigenvalue weighted by Crippen LogP contribution is 2.27. The summed E-state index contributed by atoms with van der Waals surface area (Å²) in [6, 6.07) is 6.74. The Kier molecular flexibility index (Phi) is 5.34. The summed E-state index contributed by atoms with van der Waals surface area (Å²) in [5, 5.41) is 7.15. The van der Waals surface area contributed by atoms with E-state index in [-0.39, 0.29) is 5.89 Å². The van der Waals surface area contributed by atoms with Gasteiger partial charge in [0.2, 0.25) is 21.6 Å². The summed E-state index contributed by atoms with van der Waals surface area (Å²) in [5.74, 6) is -0.430. The first-order chi connectivity index (χ1) is 12.3. The Morgan fingerprint density at radius 1 is 1.23 bits per heavy atom. The number of likely N-dealkylation sites (tertiary alicyclic amines) is 1. The minimum absolute atomic E-state index is 0.00170. The first-order valence-corrected chi connectivity index (χ1v) is 10.4. The Balaban J connectivity index is 1.77. The van der Waals surface area contributed by atoms with E-state index < -0.39 is 26.7 Å². The number of carbonyl (C=O) groups is 1. The van der Waals surface area contributed by atoms with Crippen LogP contribution in [0.5, 0.6) is 0 Å². The first-order valence-electron chi connectivity index (χ1n) is 8.35. The molecule has 0 spiro atoms. The molecular formula is C17H20ClN3O4S. The molecule has 3 rings (SSSR count). The Morgan fingerprint density at radius 3 is 2.54 bits per heavy atom. The van der Waals surface area contributed by atoms with Gasteiger partial charge in [0.05, 0.1) is 10.6 Å². The molecular weight excluding hydrogens is 378 g/mol. The van der Waals surface area contributed by atoms with Gasteiger partial charge in [-0.25, -0.2) is 8.42 Å². The summed E-state index contributed by atoms with van der Waals surface area (Å²) in [5.41, 5.74) is 0.438. The van der Waals surface area contributed by atoms with E-state index in [4.69, 9.17) is 16.0 Å². The van der Waals surface area contributed by atoms with Crippen molar-refractivity contribution in [2.45, 2.75) is 25.5 Å². The minimum atomic E-state index is -4.02. The fraction of sp³-hybridized carbons (Fsp3) is 0.471. The van der Waals surface area contributed by atoms with E-state index in [0.29, 0.717) is 35.5 Å². The molecule has 0 bridgehead atoms. The largest absolute Gasteiger partial charge is 0.408 e. The number of amides is 1. The predicted octanol–water partition coefficient (Wildman–Crippen LogP) is 2.67. The molecule has 2 aromatic rings. The monoisotopic (exact) mass is 397 g/mol. The van der Waals surface area contributed by atoms with Crippen LogP contribution in [-0.4, -0.2) is 48.3 Å². The van der Waals surface area contributed by atoms with Crippen LogP contribution in [-0.2, 0) is 14.6 Å². The molecule has 1 aromatic heterocycles. The van der Waals surface area contributed by atoms with Gasteiger partial charge in [-0.2, -0.15) is 0 Å². The molecule has 9 heteroatoms. The van der Waals surface area contributed by atoms with Crippen LogP contribution in [0.4, 0.5) is 0 Å². The molecule has 1 aromatic carbocycles. The standard InChI is InChI=1S/C17H20ClN3O4S/c1-11-7-12(2)9-21(8-11)15(22)10-26(23,24)17-20-19-16(25-17)13-5-3-4-6-14(13)18/h3-6,11-12H,7-10H2,1-2H3. The van der Waals surface area contributed by atoms with Crippen molar-refractivity contribution in [3.05, 3.63) is 29.3 Å². The fourth-order valence-corrected chi connectivity index (χ4v) is 4.48. The highest BCUT2D eigenvalue weighted by Gasteiger charge is 2.32. The van der Waals surface area contributed by atoms with Crippen LogP contribution in [0.15, 0.2) is 33.9 Å². The van der Waals surface area contributed by atoms with E-state index in [1.165, 1.54) is 0 Å². The van der Waals surface area contributed by atoms with Gasteiger partial charge >= 0.3 is 5.22 Å². The number of halogens is 1. The number of piperidine rings is 1. The lowest BCUT2D eigenvalue weighted by Crippen LogP contribution is -2.44. The van der Waals surface area contributed by atoms with Crippen molar-refractivity contribution in [1.82, 2.24) is 15.1 Å². The maximum atomic E-state index is 12.5. The number of sulfone groups is 1. The zero-order chi connectivity index (χ0) is 18.9. The smallest absolute Gasteiger partial charge is 0.336 e. The van der Waals surface area contributed by atoms with Gasteiger partial charge < -0.3 is 9.32 Å². The summed E-state index contributed by atoms with van der Waals surface area (Å²) in [6.07, 6.45) is 1.03. The Bertz CT molecular complexity index is 902. The lowest BCUT2D eigenvalue weighted by molar-refractivity contribution is -0.131. The molecule has 1 saturated heterocycles. The maximum absolute atomic E-state index is 12.5. The normalized spacial score (nSPS) is 21.0. The van der Waals surface area contributed by atoms with Gasteiger partial charge in [-0.05, 0) is 30.4 Å². The van der Waals surface area contributed by atoms with Crippen molar-refractivity contribution in [3.63, 3.8) is 0 Å². The highest BCUT2D eigenvalue weighted by molar-refractivity contribution is 7.91. The maximum Gasteiger partial charge on any atom is 0.336 e. The van der Waals surface area contributed by atoms with Crippen molar-refractivity contribution >= 4 is 27.3 Å². The first kappa shape index (κ1) is 18.8. The van der Waals surface area contributed by atoms with Crippen molar-refractivity contribution in [2.24, 2.45) is 11.8 Å². The Labute approximate surface area is 157 Å². The third-order valence-electron chi connectivity index (χ3n) is 4.31. The van der Waals surface area contributed by atoms with Gasteiger partial charge in [0.15, 0.2) is 0 Å². The van der Waals surface area contributed by atoms with Crippen LogP contribution in [0.2, 0.25) is 5.02 Å². The quantitative estimate of drug-likeness (QED) is 0.787. The molecule has 1 amide bonds. The van der Waals surface area contributed by atoms with E-state index in [2.05, 4.69) is 24.0 Å². The number of rotatable bonds is 4. The molecule has 0 N–H and O–H groups in total. The number of aromatic nitrogens is 2. The highest BCUT2D eigenvalue weighted by atomic mass is 35.5. The van der Waals surface area contributed by atoms with Crippen LogP contribution < -0.4 is 0 Å². The van der Waals surface area contributed by atoms with E-state index in [1.54, 1.807) is 29.2 Å². The lowest BCUT2D eigenvalue weighted by Gasteiger charge is -2.34. The molecule has 140 valence electrons. The number of hydrogen-bond acceptors (Lipinski definition) is 6. The summed E-state index contributed by atoms with van der Waals surface area (Å²) in [7, 11) is -4.02. The van der Waals surface area contributed by atoms with Gasteiger partial charge in [0.1, 0.15) is 5.75 Å². The second-order valence-electron chi connectivity index (χ2n) is 6.86. The summed E-state index contributed by atoms with van der Waals surface area (Å²) in [4.78, 5) is 14.0. The Morgan fingerprint density at radius 2 is 1.88 bits per heavy atom. The number of benzene rings is 1. The third-order valence-corrected chi connectivity index (χ3v) is 5.97. The Hall–Kier alpha value is -1.93. The molecule has 0 saturated carbocycles. The second kappa shape index (κ2) is 7.36. The zero-order valence-electron chi connectivity index (χ0n) is 14.6. The molecule has 26 heavy (non-hydrogen) atoms. The molecule has 1 fully saturated rings. The molecule has 7 nitrogen and oxygen atoms in total.